The summed E-state index contributed by atoms with van der Waals surface area (Å²) < 4.78 is 47.9. The van der Waals surface area contributed by atoms with Gasteiger partial charge in [0, 0.05) is 10.8 Å². The molecule has 0 aromatic heterocycles. The van der Waals surface area contributed by atoms with Crippen LogP contribution in [0.15, 0.2) is 48.0 Å². The molecule has 0 radical (unpaired) electrons. The quantitative estimate of drug-likeness (QED) is 0.582. The number of allylic oxidation sites excluding steroid dienone is 2. The van der Waals surface area contributed by atoms with Gasteiger partial charge in [0.2, 0.25) is 0 Å². The van der Waals surface area contributed by atoms with Gasteiger partial charge in [0.15, 0.2) is 11.5 Å². The molecule has 0 saturated heterocycles. The fraction of sp³-hybridized carbons (Fsp3) is 0.370. The zero-order chi connectivity index (χ0) is 26.5. The van der Waals surface area contributed by atoms with E-state index in [0.29, 0.717) is 12.8 Å². The molecule has 2 atom stereocenters. The van der Waals surface area contributed by atoms with Crippen LogP contribution in [0.2, 0.25) is 0 Å². The molecule has 1 amide bonds. The highest BCUT2D eigenvalue weighted by molar-refractivity contribution is 6.07. The van der Waals surface area contributed by atoms with Crippen LogP contribution in [0, 0.1) is 22.7 Å². The van der Waals surface area contributed by atoms with Crippen LogP contribution >= 0.6 is 0 Å². The van der Waals surface area contributed by atoms with Gasteiger partial charge in [0.05, 0.1) is 23.9 Å². The van der Waals surface area contributed by atoms with Gasteiger partial charge in [-0.15, -0.1) is 13.2 Å². The van der Waals surface area contributed by atoms with Gasteiger partial charge < -0.3 is 14.8 Å². The van der Waals surface area contributed by atoms with Crippen molar-refractivity contribution >= 4 is 17.4 Å². The van der Waals surface area contributed by atoms with Crippen molar-refractivity contribution in [2.45, 2.75) is 45.4 Å². The Morgan fingerprint density at radius 1 is 1.17 bits per heavy atom. The lowest BCUT2D eigenvalue weighted by Crippen LogP contribution is -2.51. The van der Waals surface area contributed by atoms with E-state index in [9.17, 15) is 28.0 Å². The van der Waals surface area contributed by atoms with E-state index in [4.69, 9.17) is 4.74 Å². The smallest absolute Gasteiger partial charge is 0.496 e. The van der Waals surface area contributed by atoms with Crippen molar-refractivity contribution in [3.63, 3.8) is 0 Å². The van der Waals surface area contributed by atoms with Crippen molar-refractivity contribution in [1.82, 2.24) is 0 Å². The number of rotatable bonds is 4. The SMILES string of the molecule is COc1cc2c(cc1C(=O)Nc1ccccc1OC(F)(F)F)CC[C@H]1C(C)(C)C(=O)C(C#N)=C[C@]21C. The van der Waals surface area contributed by atoms with Gasteiger partial charge in [-0.05, 0) is 54.2 Å². The summed E-state index contributed by atoms with van der Waals surface area (Å²) >= 11 is 0. The molecule has 0 saturated carbocycles. The number of alkyl halides is 3. The number of fused-ring (bicyclic) bond motifs is 3. The van der Waals surface area contributed by atoms with Crippen LogP contribution in [0.4, 0.5) is 18.9 Å². The van der Waals surface area contributed by atoms with Crippen molar-refractivity contribution in [2.75, 3.05) is 12.4 Å². The fourth-order valence-corrected chi connectivity index (χ4v) is 5.68. The Morgan fingerprint density at radius 2 is 1.86 bits per heavy atom. The maximum Gasteiger partial charge on any atom is 0.573 e. The highest BCUT2D eigenvalue weighted by Gasteiger charge is 2.54. The number of anilines is 1. The van der Waals surface area contributed by atoms with E-state index in [2.05, 4.69) is 10.1 Å². The van der Waals surface area contributed by atoms with Crippen LogP contribution in [0.3, 0.4) is 0 Å². The molecule has 36 heavy (non-hydrogen) atoms. The summed E-state index contributed by atoms with van der Waals surface area (Å²) in [6, 6.07) is 10.7. The summed E-state index contributed by atoms with van der Waals surface area (Å²) in [4.78, 5) is 26.1. The maximum absolute atomic E-state index is 13.2. The van der Waals surface area contributed by atoms with Gasteiger partial charge in [-0.25, -0.2) is 0 Å². The van der Waals surface area contributed by atoms with Gasteiger partial charge in [0.1, 0.15) is 11.8 Å². The van der Waals surface area contributed by atoms with Crippen LogP contribution in [-0.4, -0.2) is 25.2 Å². The number of nitrogens with one attached hydrogen (secondary N) is 1. The molecule has 0 aliphatic heterocycles. The second kappa shape index (κ2) is 8.70. The third-order valence-electron chi connectivity index (χ3n) is 7.30. The van der Waals surface area contributed by atoms with Crippen molar-refractivity contribution in [2.24, 2.45) is 11.3 Å². The summed E-state index contributed by atoms with van der Waals surface area (Å²) in [6.45, 7) is 5.69. The maximum atomic E-state index is 13.2. The molecule has 2 aromatic carbocycles. The summed E-state index contributed by atoms with van der Waals surface area (Å²) in [5.74, 6) is -1.22. The second-order valence-corrected chi connectivity index (χ2v) is 9.80. The van der Waals surface area contributed by atoms with Crippen LogP contribution in [0.25, 0.3) is 0 Å². The molecule has 1 N–H and O–H groups in total. The standard InChI is InChI=1S/C27H25F3N2O4/c1-25(2)22-10-9-15-11-17(24(34)32-19-7-5-6-8-20(19)36-27(28,29)30)21(35-4)12-18(15)26(22,3)13-16(14-31)23(25)33/h5-8,11-13,22H,9-10H2,1-4H3,(H,32,34)/t22-,26+/m0/s1. The summed E-state index contributed by atoms with van der Waals surface area (Å²) in [6.07, 6.45) is -1.96. The number of amides is 1. The van der Waals surface area contributed by atoms with Crippen LogP contribution in [-0.2, 0) is 16.6 Å². The minimum Gasteiger partial charge on any atom is -0.496 e. The average molecular weight is 499 g/mol. The monoisotopic (exact) mass is 498 g/mol. The summed E-state index contributed by atoms with van der Waals surface area (Å²) in [7, 11) is 1.40. The number of nitriles is 1. The normalized spacial score (nSPS) is 22.4. The lowest BCUT2D eigenvalue weighted by Gasteiger charge is -2.51. The minimum absolute atomic E-state index is 0.0714. The topological polar surface area (TPSA) is 88.4 Å². The third kappa shape index (κ3) is 4.21. The second-order valence-electron chi connectivity index (χ2n) is 9.80. The van der Waals surface area contributed by atoms with Crippen molar-refractivity contribution in [3.8, 4) is 17.6 Å². The van der Waals surface area contributed by atoms with Gasteiger partial charge in [-0.2, -0.15) is 5.26 Å². The van der Waals surface area contributed by atoms with Crippen molar-refractivity contribution < 1.29 is 32.2 Å². The first-order chi connectivity index (χ1) is 16.8. The van der Waals surface area contributed by atoms with Crippen LogP contribution in [0.5, 0.6) is 11.5 Å². The number of para-hydroxylation sites is 2. The zero-order valence-electron chi connectivity index (χ0n) is 20.2. The number of ketones is 1. The van der Waals surface area contributed by atoms with Crippen LogP contribution in [0.1, 0.15) is 48.7 Å². The number of carbonyl (C=O) groups is 2. The van der Waals surface area contributed by atoms with E-state index in [1.165, 1.54) is 25.3 Å². The number of ether oxygens (including phenoxy) is 2. The first kappa shape index (κ1) is 25.3. The first-order valence-electron chi connectivity index (χ1n) is 11.4. The van der Waals surface area contributed by atoms with Gasteiger partial charge >= 0.3 is 6.36 Å². The number of hydrogen-bond acceptors (Lipinski definition) is 5. The highest BCUT2D eigenvalue weighted by atomic mass is 19.4. The van der Waals surface area contributed by atoms with Gasteiger partial charge in [-0.3, -0.25) is 9.59 Å². The van der Waals surface area contributed by atoms with E-state index in [1.807, 2.05) is 26.8 Å². The molecule has 188 valence electrons. The molecule has 0 bridgehead atoms. The zero-order valence-corrected chi connectivity index (χ0v) is 20.2. The molecule has 2 aliphatic rings. The molecule has 0 unspecified atom stereocenters. The molecule has 0 fully saturated rings. The Morgan fingerprint density at radius 3 is 2.50 bits per heavy atom. The number of aryl methyl sites for hydroxylation is 1. The number of halogens is 3. The fourth-order valence-electron chi connectivity index (χ4n) is 5.68. The molecular weight excluding hydrogens is 473 g/mol. The molecular formula is C27H25F3N2O4. The Balaban J connectivity index is 1.76. The lowest BCUT2D eigenvalue weighted by atomic mass is 9.51. The Bertz CT molecular complexity index is 1320. The van der Waals surface area contributed by atoms with E-state index in [-0.39, 0.29) is 34.3 Å². The Hall–Kier alpha value is -3.80. The minimum atomic E-state index is -4.92. The number of carbonyl (C=O) groups excluding carboxylic acids is 2. The molecule has 2 aliphatic carbocycles. The van der Waals surface area contributed by atoms with Crippen molar-refractivity contribution in [3.05, 3.63) is 64.7 Å². The average Bonchev–Trinajstić information content (AvgIpc) is 2.81. The molecule has 6 nitrogen and oxygen atoms in total. The van der Waals surface area contributed by atoms with E-state index < -0.39 is 28.8 Å². The molecule has 0 heterocycles. The number of benzene rings is 2. The van der Waals surface area contributed by atoms with E-state index in [1.54, 1.807) is 18.2 Å². The molecule has 4 rings (SSSR count). The third-order valence-corrected chi connectivity index (χ3v) is 7.30. The Kier molecular flexibility index (Phi) is 6.11. The van der Waals surface area contributed by atoms with Gasteiger partial charge in [0.25, 0.3) is 5.91 Å². The largest absolute Gasteiger partial charge is 0.573 e. The Labute approximate surface area is 206 Å². The predicted molar refractivity (Wildman–Crippen MR) is 126 cm³/mol. The number of methoxy groups -OCH3 is 1. The van der Waals surface area contributed by atoms with Gasteiger partial charge in [-0.1, -0.05) is 39.0 Å². The van der Waals surface area contributed by atoms with E-state index >= 15 is 0 Å². The molecule has 9 heteroatoms. The van der Waals surface area contributed by atoms with Crippen LogP contribution < -0.4 is 14.8 Å². The number of hydrogen-bond donors (Lipinski definition) is 1. The summed E-state index contributed by atoms with van der Waals surface area (Å²) in [5, 5.41) is 12.1. The molecule has 0 spiro atoms. The first-order valence-corrected chi connectivity index (χ1v) is 11.4. The van der Waals surface area contributed by atoms with Crippen molar-refractivity contribution in [1.29, 1.82) is 5.26 Å². The highest BCUT2D eigenvalue weighted by Crippen LogP contribution is 2.55. The molecule has 2 aromatic rings. The number of nitrogens with zero attached hydrogens (tertiary/aromatic N) is 1. The van der Waals surface area contributed by atoms with E-state index in [0.717, 1.165) is 17.2 Å². The predicted octanol–water partition coefficient (Wildman–Crippen LogP) is 5.73. The lowest BCUT2D eigenvalue weighted by molar-refractivity contribution is -0.274. The number of Topliss-reactive ketones (excluding diaryl/α,β-unsaturated/α-hetero) is 1. The summed E-state index contributed by atoms with van der Waals surface area (Å²) in [5.41, 5.74) is 0.410.